The number of rotatable bonds is 4. The zero-order valence-corrected chi connectivity index (χ0v) is 12.8. The van der Waals surface area contributed by atoms with Crippen LogP contribution in [0.3, 0.4) is 0 Å². The van der Waals surface area contributed by atoms with Crippen LogP contribution < -0.4 is 0 Å². The lowest BCUT2D eigenvalue weighted by Crippen LogP contribution is -2.13. The van der Waals surface area contributed by atoms with Gasteiger partial charge in [0.2, 0.25) is 6.54 Å². The second kappa shape index (κ2) is 5.81. The summed E-state index contributed by atoms with van der Waals surface area (Å²) in [5.74, 6) is -0.277. The molecular formula is C17H15ClN2O2. The van der Waals surface area contributed by atoms with Crippen LogP contribution in [-0.4, -0.2) is 16.0 Å². The topological polar surface area (TPSA) is 48.1 Å². The highest BCUT2D eigenvalue weighted by molar-refractivity contribution is 6.31. The first-order valence-electron chi connectivity index (χ1n) is 6.97. The molecule has 4 nitrogen and oxygen atoms in total. The molecule has 0 radical (unpaired) electrons. The van der Waals surface area contributed by atoms with Crippen LogP contribution in [0.25, 0.3) is 10.9 Å². The van der Waals surface area contributed by atoms with E-state index in [1.54, 1.807) is 0 Å². The monoisotopic (exact) mass is 314 g/mol. The summed E-state index contributed by atoms with van der Waals surface area (Å²) in [5, 5.41) is 12.8. The summed E-state index contributed by atoms with van der Waals surface area (Å²) in [6.07, 6.45) is 1.96. The second-order valence-electron chi connectivity index (χ2n) is 5.34. The van der Waals surface area contributed by atoms with Crippen molar-refractivity contribution in [3.63, 3.8) is 0 Å². The minimum atomic E-state index is -0.277. The van der Waals surface area contributed by atoms with Crippen LogP contribution in [0.5, 0.6) is 0 Å². The van der Waals surface area contributed by atoms with E-state index < -0.39 is 0 Å². The van der Waals surface area contributed by atoms with Gasteiger partial charge in [0.05, 0.1) is 5.92 Å². The lowest BCUT2D eigenvalue weighted by molar-refractivity contribution is -0.481. The Morgan fingerprint density at radius 3 is 2.64 bits per heavy atom. The van der Waals surface area contributed by atoms with E-state index in [0.29, 0.717) is 5.02 Å². The van der Waals surface area contributed by atoms with Gasteiger partial charge < -0.3 is 4.57 Å². The van der Waals surface area contributed by atoms with Crippen LogP contribution in [0.4, 0.5) is 0 Å². The van der Waals surface area contributed by atoms with Crippen LogP contribution >= 0.6 is 11.6 Å². The number of hydrogen-bond donors (Lipinski definition) is 0. The first-order chi connectivity index (χ1) is 10.6. The van der Waals surface area contributed by atoms with Crippen molar-refractivity contribution >= 4 is 22.5 Å². The Morgan fingerprint density at radius 2 is 1.95 bits per heavy atom. The molecule has 0 aliphatic carbocycles. The predicted molar refractivity (Wildman–Crippen MR) is 88.1 cm³/mol. The summed E-state index contributed by atoms with van der Waals surface area (Å²) >= 11 is 6.06. The Hall–Kier alpha value is -2.33. The number of aromatic nitrogens is 1. The van der Waals surface area contributed by atoms with Crippen molar-refractivity contribution in [2.45, 2.75) is 5.92 Å². The molecule has 0 unspecified atom stereocenters. The Bertz CT molecular complexity index is 827. The molecule has 1 aromatic heterocycles. The molecule has 3 rings (SSSR count). The van der Waals surface area contributed by atoms with E-state index in [2.05, 4.69) is 0 Å². The standard InChI is InChI=1S/C17H15ClN2O2/c1-19-10-16(14-8-7-13(18)9-17(14)19)15(11-20(21)22)12-5-3-2-4-6-12/h2-10,15H,11H2,1H3/t15-/m0/s1. The average molecular weight is 315 g/mol. The average Bonchev–Trinajstić information content (AvgIpc) is 2.82. The maximum Gasteiger partial charge on any atom is 0.214 e. The van der Waals surface area contributed by atoms with Gasteiger partial charge in [-0.2, -0.15) is 0 Å². The zero-order chi connectivity index (χ0) is 15.7. The zero-order valence-electron chi connectivity index (χ0n) is 12.1. The highest BCUT2D eigenvalue weighted by Crippen LogP contribution is 2.33. The fraction of sp³-hybridized carbons (Fsp3) is 0.176. The first kappa shape index (κ1) is 14.6. The molecule has 3 aromatic rings. The molecule has 0 aliphatic heterocycles. The third-order valence-electron chi connectivity index (χ3n) is 3.89. The van der Waals surface area contributed by atoms with Crippen molar-refractivity contribution in [3.8, 4) is 0 Å². The Balaban J connectivity index is 2.18. The van der Waals surface area contributed by atoms with Crippen LogP contribution in [0, 0.1) is 10.1 Å². The Kier molecular flexibility index (Phi) is 3.86. The van der Waals surface area contributed by atoms with Gasteiger partial charge in [0.25, 0.3) is 0 Å². The molecule has 1 heterocycles. The van der Waals surface area contributed by atoms with Crippen molar-refractivity contribution in [2.75, 3.05) is 6.54 Å². The van der Waals surface area contributed by atoms with Gasteiger partial charge in [0.15, 0.2) is 0 Å². The predicted octanol–water partition coefficient (Wildman–Crippen LogP) is 4.24. The van der Waals surface area contributed by atoms with Crippen molar-refractivity contribution in [2.24, 2.45) is 7.05 Å². The number of fused-ring (bicyclic) bond motifs is 1. The summed E-state index contributed by atoms with van der Waals surface area (Å²) < 4.78 is 1.96. The summed E-state index contributed by atoms with van der Waals surface area (Å²) in [7, 11) is 1.93. The number of hydrogen-bond acceptors (Lipinski definition) is 2. The van der Waals surface area contributed by atoms with E-state index in [1.807, 2.05) is 66.3 Å². The number of halogens is 1. The molecule has 0 spiro atoms. The second-order valence-corrected chi connectivity index (χ2v) is 5.77. The molecular weight excluding hydrogens is 300 g/mol. The quantitative estimate of drug-likeness (QED) is 0.534. The van der Waals surface area contributed by atoms with Crippen LogP contribution in [0.1, 0.15) is 17.0 Å². The minimum Gasteiger partial charge on any atom is -0.350 e. The summed E-state index contributed by atoms with van der Waals surface area (Å²) in [4.78, 5) is 10.9. The van der Waals surface area contributed by atoms with Crippen molar-refractivity contribution < 1.29 is 4.92 Å². The van der Waals surface area contributed by atoms with Gasteiger partial charge >= 0.3 is 0 Å². The van der Waals surface area contributed by atoms with E-state index in [0.717, 1.165) is 22.0 Å². The molecule has 0 amide bonds. The molecule has 22 heavy (non-hydrogen) atoms. The van der Waals surface area contributed by atoms with Gasteiger partial charge in [-0.15, -0.1) is 0 Å². The molecule has 0 N–H and O–H groups in total. The normalized spacial score (nSPS) is 12.5. The summed E-state index contributed by atoms with van der Waals surface area (Å²) in [5.41, 5.74) is 2.88. The molecule has 1 atom stereocenters. The molecule has 5 heteroatoms. The largest absolute Gasteiger partial charge is 0.350 e. The third kappa shape index (κ3) is 2.70. The van der Waals surface area contributed by atoms with E-state index >= 15 is 0 Å². The fourth-order valence-electron chi connectivity index (χ4n) is 2.88. The number of aryl methyl sites for hydroxylation is 1. The molecule has 0 fully saturated rings. The lowest BCUT2D eigenvalue weighted by Gasteiger charge is -2.12. The fourth-order valence-corrected chi connectivity index (χ4v) is 3.05. The first-order valence-corrected chi connectivity index (χ1v) is 7.35. The molecule has 112 valence electrons. The minimum absolute atomic E-state index is 0.133. The van der Waals surface area contributed by atoms with Crippen molar-refractivity contribution in [3.05, 3.63) is 81.0 Å². The van der Waals surface area contributed by atoms with Crippen LogP contribution in [-0.2, 0) is 7.05 Å². The summed E-state index contributed by atoms with van der Waals surface area (Å²) in [6.45, 7) is -0.133. The number of benzene rings is 2. The number of nitrogens with zero attached hydrogens (tertiary/aromatic N) is 2. The third-order valence-corrected chi connectivity index (χ3v) is 4.13. The van der Waals surface area contributed by atoms with Crippen molar-refractivity contribution in [1.82, 2.24) is 4.57 Å². The number of nitro groups is 1. The smallest absolute Gasteiger partial charge is 0.214 e. The van der Waals surface area contributed by atoms with Crippen LogP contribution in [0.2, 0.25) is 5.02 Å². The van der Waals surface area contributed by atoms with Crippen LogP contribution in [0.15, 0.2) is 54.7 Å². The SMILES string of the molecule is Cn1cc([C@@H](C[N+](=O)[O-])c2ccccc2)c2ccc(Cl)cc21. The van der Waals surface area contributed by atoms with E-state index in [9.17, 15) is 10.1 Å². The van der Waals surface area contributed by atoms with Gasteiger partial charge in [-0.05, 0) is 23.3 Å². The summed E-state index contributed by atoms with van der Waals surface area (Å²) in [6, 6.07) is 15.2. The maximum absolute atomic E-state index is 11.1. The highest BCUT2D eigenvalue weighted by Gasteiger charge is 2.23. The van der Waals surface area contributed by atoms with Gasteiger partial charge in [-0.1, -0.05) is 48.0 Å². The van der Waals surface area contributed by atoms with E-state index in [1.165, 1.54) is 0 Å². The molecule has 0 saturated carbocycles. The molecule has 2 aromatic carbocycles. The van der Waals surface area contributed by atoms with Gasteiger partial charge in [0.1, 0.15) is 0 Å². The molecule has 0 aliphatic rings. The highest BCUT2D eigenvalue weighted by atomic mass is 35.5. The molecule has 0 bridgehead atoms. The Morgan fingerprint density at radius 1 is 1.23 bits per heavy atom. The van der Waals surface area contributed by atoms with Gasteiger partial charge in [0, 0.05) is 34.1 Å². The lowest BCUT2D eigenvalue weighted by atomic mass is 9.91. The van der Waals surface area contributed by atoms with E-state index in [-0.39, 0.29) is 17.4 Å². The molecule has 0 saturated heterocycles. The van der Waals surface area contributed by atoms with E-state index in [4.69, 9.17) is 11.6 Å². The van der Waals surface area contributed by atoms with Gasteiger partial charge in [-0.25, -0.2) is 0 Å². The maximum atomic E-state index is 11.1. The Labute approximate surface area is 133 Å². The van der Waals surface area contributed by atoms with Crippen molar-refractivity contribution in [1.29, 1.82) is 0 Å². The van der Waals surface area contributed by atoms with Gasteiger partial charge in [-0.3, -0.25) is 10.1 Å².